The lowest BCUT2D eigenvalue weighted by Gasteiger charge is -2.35. The van der Waals surface area contributed by atoms with Crippen molar-refractivity contribution in [3.8, 4) is 0 Å². The van der Waals surface area contributed by atoms with Gasteiger partial charge in [0.05, 0.1) is 6.10 Å². The summed E-state index contributed by atoms with van der Waals surface area (Å²) in [7, 11) is 0. The standard InChI is InChI=1S/C30H46N4O4/c1-8-32-13-15-33(16-14-32)21-11-9-20(10-12-21)27(36)31-23(17-29(2,3)4)28(37)34-18-22(30(5,6)7)26-25(34)24(35)19-38-26/h9-12,22-23,25-26H,8,13-19H2,1-7H3,(H,31,36)/t22-,23?,25+,26+/m0/s1. The van der Waals surface area contributed by atoms with Crippen molar-refractivity contribution in [2.24, 2.45) is 16.7 Å². The number of hydrogen-bond donors (Lipinski definition) is 1. The number of ether oxygens (including phenoxy) is 1. The molecular weight excluding hydrogens is 480 g/mol. The summed E-state index contributed by atoms with van der Waals surface area (Å²) in [5.74, 6) is -0.460. The molecule has 1 aromatic rings. The number of likely N-dealkylation sites (tertiary alicyclic amines) is 1. The molecular formula is C30H46N4O4. The van der Waals surface area contributed by atoms with E-state index in [1.54, 1.807) is 4.90 Å². The zero-order valence-corrected chi connectivity index (χ0v) is 24.3. The van der Waals surface area contributed by atoms with Gasteiger partial charge in [-0.3, -0.25) is 14.4 Å². The summed E-state index contributed by atoms with van der Waals surface area (Å²) in [4.78, 5) is 46.5. The smallest absolute Gasteiger partial charge is 0.251 e. The molecule has 3 saturated heterocycles. The Bertz CT molecular complexity index is 1020. The van der Waals surface area contributed by atoms with Gasteiger partial charge in [-0.2, -0.15) is 0 Å². The van der Waals surface area contributed by atoms with Gasteiger partial charge in [-0.1, -0.05) is 48.5 Å². The zero-order chi connectivity index (χ0) is 27.8. The second-order valence-corrected chi connectivity index (χ2v) is 13.4. The third kappa shape index (κ3) is 6.23. The number of nitrogens with zero attached hydrogens (tertiary/aromatic N) is 3. The number of Topliss-reactive ketones (excluding diaryl/α,β-unsaturated/α-hetero) is 1. The Hall–Kier alpha value is -2.45. The van der Waals surface area contributed by atoms with Gasteiger partial charge in [0.15, 0.2) is 5.78 Å². The number of rotatable bonds is 6. The second-order valence-electron chi connectivity index (χ2n) is 13.4. The Balaban J connectivity index is 1.49. The molecule has 1 aromatic carbocycles. The molecule has 3 heterocycles. The Morgan fingerprint density at radius 2 is 1.66 bits per heavy atom. The van der Waals surface area contributed by atoms with Gasteiger partial charge in [0.2, 0.25) is 5.91 Å². The number of likely N-dealkylation sites (N-methyl/N-ethyl adjacent to an activating group) is 1. The highest BCUT2D eigenvalue weighted by Crippen LogP contribution is 2.42. The summed E-state index contributed by atoms with van der Waals surface area (Å²) in [6, 6.07) is 6.36. The largest absolute Gasteiger partial charge is 0.369 e. The molecule has 4 atom stereocenters. The molecule has 38 heavy (non-hydrogen) atoms. The number of nitrogens with one attached hydrogen (secondary N) is 1. The van der Waals surface area contributed by atoms with E-state index in [2.05, 4.69) is 63.6 Å². The van der Waals surface area contributed by atoms with Crippen LogP contribution < -0.4 is 10.2 Å². The molecule has 4 rings (SSSR count). The minimum atomic E-state index is -0.725. The first-order valence-electron chi connectivity index (χ1n) is 14.1. The molecule has 210 valence electrons. The highest BCUT2D eigenvalue weighted by atomic mass is 16.5. The van der Waals surface area contributed by atoms with Gasteiger partial charge in [0.25, 0.3) is 5.91 Å². The van der Waals surface area contributed by atoms with Gasteiger partial charge in [-0.05, 0) is 48.1 Å². The van der Waals surface area contributed by atoms with Gasteiger partial charge in [0.1, 0.15) is 18.7 Å². The maximum Gasteiger partial charge on any atom is 0.251 e. The van der Waals surface area contributed by atoms with Gasteiger partial charge in [-0.15, -0.1) is 0 Å². The van der Waals surface area contributed by atoms with E-state index in [1.165, 1.54) is 0 Å². The first kappa shape index (κ1) is 28.6. The van der Waals surface area contributed by atoms with Crippen LogP contribution in [-0.4, -0.2) is 91.5 Å². The molecule has 0 aliphatic carbocycles. The van der Waals surface area contributed by atoms with Crippen molar-refractivity contribution in [3.05, 3.63) is 29.8 Å². The highest BCUT2D eigenvalue weighted by molar-refractivity contribution is 5.99. The third-order valence-electron chi connectivity index (χ3n) is 8.31. The zero-order valence-electron chi connectivity index (χ0n) is 24.3. The third-order valence-corrected chi connectivity index (χ3v) is 8.31. The van der Waals surface area contributed by atoms with Crippen molar-refractivity contribution in [1.29, 1.82) is 0 Å². The fourth-order valence-electron chi connectivity index (χ4n) is 6.05. The van der Waals surface area contributed by atoms with Crippen LogP contribution in [0, 0.1) is 16.7 Å². The van der Waals surface area contributed by atoms with Crippen LogP contribution in [0.1, 0.15) is 65.2 Å². The first-order valence-corrected chi connectivity index (χ1v) is 14.1. The Morgan fingerprint density at radius 1 is 1.03 bits per heavy atom. The van der Waals surface area contributed by atoms with Crippen LogP contribution in [0.3, 0.4) is 0 Å². The van der Waals surface area contributed by atoms with E-state index in [0.717, 1.165) is 38.4 Å². The predicted octanol–water partition coefficient (Wildman–Crippen LogP) is 3.20. The highest BCUT2D eigenvalue weighted by Gasteiger charge is 2.56. The van der Waals surface area contributed by atoms with E-state index in [0.29, 0.717) is 18.5 Å². The number of benzene rings is 1. The number of carbonyl (C=O) groups excluding carboxylic acids is 3. The molecule has 0 radical (unpaired) electrons. The topological polar surface area (TPSA) is 82.2 Å². The van der Waals surface area contributed by atoms with Crippen molar-refractivity contribution in [2.75, 3.05) is 50.8 Å². The number of carbonyl (C=O) groups is 3. The number of ketones is 1. The molecule has 2 amide bonds. The average molecular weight is 527 g/mol. The summed E-state index contributed by atoms with van der Waals surface area (Å²) in [5, 5.41) is 3.02. The van der Waals surface area contributed by atoms with Crippen molar-refractivity contribution >= 4 is 23.3 Å². The maximum absolute atomic E-state index is 14.0. The fourth-order valence-corrected chi connectivity index (χ4v) is 6.05. The lowest BCUT2D eigenvalue weighted by Crippen LogP contribution is -2.53. The molecule has 0 saturated carbocycles. The van der Waals surface area contributed by atoms with Gasteiger partial charge >= 0.3 is 0 Å². The lowest BCUT2D eigenvalue weighted by molar-refractivity contribution is -0.138. The van der Waals surface area contributed by atoms with Crippen LogP contribution in [0.5, 0.6) is 0 Å². The van der Waals surface area contributed by atoms with Crippen LogP contribution >= 0.6 is 0 Å². The van der Waals surface area contributed by atoms with Crippen LogP contribution in [0.2, 0.25) is 0 Å². The predicted molar refractivity (Wildman–Crippen MR) is 149 cm³/mol. The van der Waals surface area contributed by atoms with E-state index in [1.807, 2.05) is 24.3 Å². The Labute approximate surface area is 228 Å². The molecule has 0 aromatic heterocycles. The van der Waals surface area contributed by atoms with Gasteiger partial charge in [0, 0.05) is 49.9 Å². The SMILES string of the molecule is CCN1CCN(c2ccc(C(=O)NC(CC(C)(C)C)C(=O)N3C[C@H](C(C)(C)C)[C@H]4OCC(=O)[C@H]43)cc2)CC1. The van der Waals surface area contributed by atoms with Gasteiger partial charge < -0.3 is 24.8 Å². The first-order chi connectivity index (χ1) is 17.8. The van der Waals surface area contributed by atoms with E-state index in [4.69, 9.17) is 4.74 Å². The van der Waals surface area contributed by atoms with Crippen molar-refractivity contribution in [3.63, 3.8) is 0 Å². The van der Waals surface area contributed by atoms with Crippen LogP contribution in [0.15, 0.2) is 24.3 Å². The number of piperazine rings is 1. The van der Waals surface area contributed by atoms with Crippen LogP contribution in [0.25, 0.3) is 0 Å². The lowest BCUT2D eigenvalue weighted by atomic mass is 9.78. The molecule has 8 heteroatoms. The monoisotopic (exact) mass is 526 g/mol. The molecule has 1 N–H and O–H groups in total. The quantitative estimate of drug-likeness (QED) is 0.613. The van der Waals surface area contributed by atoms with E-state index >= 15 is 0 Å². The summed E-state index contributed by atoms with van der Waals surface area (Å²) in [5.41, 5.74) is 1.32. The Morgan fingerprint density at radius 3 is 2.21 bits per heavy atom. The molecule has 3 aliphatic heterocycles. The minimum Gasteiger partial charge on any atom is -0.369 e. The molecule has 3 fully saturated rings. The number of amides is 2. The van der Waals surface area contributed by atoms with Crippen molar-refractivity contribution in [2.45, 2.75) is 73.1 Å². The minimum absolute atomic E-state index is 0.0435. The summed E-state index contributed by atoms with van der Waals surface area (Å²) in [6.45, 7) is 20.3. The second kappa shape index (κ2) is 11.0. The average Bonchev–Trinajstić information content (AvgIpc) is 3.43. The summed E-state index contributed by atoms with van der Waals surface area (Å²) in [6.07, 6.45) is 0.185. The summed E-state index contributed by atoms with van der Waals surface area (Å²) < 4.78 is 5.88. The maximum atomic E-state index is 14.0. The number of anilines is 1. The molecule has 0 spiro atoms. The van der Waals surface area contributed by atoms with Gasteiger partial charge in [-0.25, -0.2) is 0 Å². The molecule has 3 aliphatic rings. The van der Waals surface area contributed by atoms with E-state index in [-0.39, 0.29) is 47.1 Å². The van der Waals surface area contributed by atoms with Crippen LogP contribution in [-0.2, 0) is 14.3 Å². The molecule has 8 nitrogen and oxygen atoms in total. The fraction of sp³-hybridized carbons (Fsp3) is 0.700. The molecule has 0 bridgehead atoms. The summed E-state index contributed by atoms with van der Waals surface area (Å²) >= 11 is 0. The van der Waals surface area contributed by atoms with Crippen molar-refractivity contribution < 1.29 is 19.1 Å². The normalized spacial score (nSPS) is 25.4. The van der Waals surface area contributed by atoms with E-state index < -0.39 is 12.1 Å². The van der Waals surface area contributed by atoms with E-state index in [9.17, 15) is 14.4 Å². The molecule has 1 unspecified atom stereocenters. The van der Waals surface area contributed by atoms with Crippen molar-refractivity contribution in [1.82, 2.24) is 15.1 Å². The number of hydrogen-bond acceptors (Lipinski definition) is 6. The number of fused-ring (bicyclic) bond motifs is 1. The Kier molecular flexibility index (Phi) is 8.24. The van der Waals surface area contributed by atoms with Crippen LogP contribution in [0.4, 0.5) is 5.69 Å².